The number of carbonyl (C=O) groups excluding carboxylic acids is 2. The minimum absolute atomic E-state index is 0.104. The maximum atomic E-state index is 12.2. The van der Waals surface area contributed by atoms with Crippen molar-refractivity contribution >= 4 is 40.0 Å². The Labute approximate surface area is 163 Å². The van der Waals surface area contributed by atoms with Gasteiger partial charge in [-0.15, -0.1) is 0 Å². The largest absolute Gasteiger partial charge is 0.504 e. The minimum atomic E-state index is -0.682. The van der Waals surface area contributed by atoms with Crippen molar-refractivity contribution in [2.24, 2.45) is 5.10 Å². The number of nitrogens with zero attached hydrogens (tertiary/aromatic N) is 1. The van der Waals surface area contributed by atoms with E-state index in [0.717, 1.165) is 6.08 Å². The number of hydrazone groups is 1. The molecule has 2 amide bonds. The topological polar surface area (TPSA) is 120 Å². The molecular formula is C18H16BrN3O5. The van der Waals surface area contributed by atoms with Crippen LogP contribution in [0.15, 0.2) is 52.0 Å². The van der Waals surface area contributed by atoms with Crippen molar-refractivity contribution in [3.63, 3.8) is 0 Å². The molecule has 9 heteroatoms. The van der Waals surface area contributed by atoms with Crippen LogP contribution in [0.4, 0.5) is 0 Å². The minimum Gasteiger partial charge on any atom is -0.504 e. The van der Waals surface area contributed by atoms with Gasteiger partial charge < -0.3 is 9.84 Å². The van der Waals surface area contributed by atoms with E-state index in [2.05, 4.69) is 26.5 Å². The molecule has 0 aliphatic carbocycles. The first-order valence-electron chi connectivity index (χ1n) is 7.56. The molecule has 2 rings (SSSR count). The van der Waals surface area contributed by atoms with Crippen molar-refractivity contribution in [3.05, 3.63) is 63.6 Å². The predicted octanol–water partition coefficient (Wildman–Crippen LogP) is 2.45. The highest BCUT2D eigenvalue weighted by Gasteiger charge is 2.09. The van der Waals surface area contributed by atoms with Gasteiger partial charge in [0.1, 0.15) is 0 Å². The SMILES string of the molecule is COc1cc(Br)cc(/C=N/NC(=O)c2cccc(/C=C/C(=O)NO)c2)c1O. The van der Waals surface area contributed by atoms with E-state index in [-0.39, 0.29) is 11.5 Å². The molecule has 0 aliphatic rings. The molecule has 0 heterocycles. The first-order valence-corrected chi connectivity index (χ1v) is 8.36. The summed E-state index contributed by atoms with van der Waals surface area (Å²) in [6.07, 6.45) is 3.85. The third-order valence-electron chi connectivity index (χ3n) is 3.35. The molecule has 0 unspecified atom stereocenters. The molecule has 0 aromatic heterocycles. The average Bonchev–Trinajstić information content (AvgIpc) is 2.68. The molecule has 0 atom stereocenters. The number of phenolic OH excluding ortho intramolecular Hbond substituents is 1. The van der Waals surface area contributed by atoms with Crippen molar-refractivity contribution in [1.29, 1.82) is 0 Å². The number of aromatic hydroxyl groups is 1. The van der Waals surface area contributed by atoms with E-state index in [1.54, 1.807) is 36.4 Å². The summed E-state index contributed by atoms with van der Waals surface area (Å²) in [6, 6.07) is 9.67. The van der Waals surface area contributed by atoms with Crippen LogP contribution in [0.2, 0.25) is 0 Å². The first kappa shape index (κ1) is 20.1. The van der Waals surface area contributed by atoms with Gasteiger partial charge in [0.2, 0.25) is 0 Å². The van der Waals surface area contributed by atoms with Crippen LogP contribution in [0.25, 0.3) is 6.08 Å². The Morgan fingerprint density at radius 1 is 1.26 bits per heavy atom. The molecule has 2 aromatic rings. The van der Waals surface area contributed by atoms with Crippen LogP contribution < -0.4 is 15.6 Å². The Bertz CT molecular complexity index is 912. The van der Waals surface area contributed by atoms with Gasteiger partial charge in [0.15, 0.2) is 11.5 Å². The van der Waals surface area contributed by atoms with Crippen LogP contribution in [0.1, 0.15) is 21.5 Å². The van der Waals surface area contributed by atoms with Gasteiger partial charge in [-0.2, -0.15) is 5.10 Å². The van der Waals surface area contributed by atoms with E-state index in [9.17, 15) is 14.7 Å². The molecule has 0 saturated carbocycles. The third-order valence-corrected chi connectivity index (χ3v) is 3.80. The number of hydrogen-bond donors (Lipinski definition) is 4. The second kappa shape index (κ2) is 9.51. The summed E-state index contributed by atoms with van der Waals surface area (Å²) >= 11 is 3.29. The van der Waals surface area contributed by atoms with Crippen LogP contribution in [-0.4, -0.2) is 35.5 Å². The fourth-order valence-corrected chi connectivity index (χ4v) is 2.52. The maximum Gasteiger partial charge on any atom is 0.271 e. The van der Waals surface area contributed by atoms with Crippen molar-refractivity contribution in [3.8, 4) is 11.5 Å². The highest BCUT2D eigenvalue weighted by atomic mass is 79.9. The maximum absolute atomic E-state index is 12.2. The molecule has 0 spiro atoms. The van der Waals surface area contributed by atoms with E-state index in [0.29, 0.717) is 21.2 Å². The molecule has 0 fully saturated rings. The monoisotopic (exact) mass is 433 g/mol. The smallest absolute Gasteiger partial charge is 0.271 e. The predicted molar refractivity (Wildman–Crippen MR) is 103 cm³/mol. The highest BCUT2D eigenvalue weighted by Crippen LogP contribution is 2.32. The molecule has 27 heavy (non-hydrogen) atoms. The van der Waals surface area contributed by atoms with Gasteiger partial charge >= 0.3 is 0 Å². The summed E-state index contributed by atoms with van der Waals surface area (Å²) in [6.45, 7) is 0. The fourth-order valence-electron chi connectivity index (χ4n) is 2.07. The number of halogens is 1. The number of ether oxygens (including phenoxy) is 1. The fraction of sp³-hybridized carbons (Fsp3) is 0.0556. The van der Waals surface area contributed by atoms with Crippen molar-refractivity contribution < 1.29 is 24.6 Å². The normalized spacial score (nSPS) is 10.9. The van der Waals surface area contributed by atoms with Gasteiger partial charge in [-0.05, 0) is 35.9 Å². The molecule has 8 nitrogen and oxygen atoms in total. The number of methoxy groups -OCH3 is 1. The second-order valence-corrected chi connectivity index (χ2v) is 6.10. The second-order valence-electron chi connectivity index (χ2n) is 5.18. The van der Waals surface area contributed by atoms with Crippen LogP contribution in [-0.2, 0) is 4.79 Å². The zero-order chi connectivity index (χ0) is 19.8. The van der Waals surface area contributed by atoms with Crippen LogP contribution >= 0.6 is 15.9 Å². The van der Waals surface area contributed by atoms with E-state index in [4.69, 9.17) is 9.94 Å². The number of hydroxylamine groups is 1. The van der Waals surface area contributed by atoms with Crippen molar-refractivity contribution in [2.75, 3.05) is 7.11 Å². The molecule has 4 N–H and O–H groups in total. The number of rotatable bonds is 6. The van der Waals surface area contributed by atoms with Gasteiger partial charge in [-0.25, -0.2) is 10.9 Å². The summed E-state index contributed by atoms with van der Waals surface area (Å²) < 4.78 is 5.72. The molecular weight excluding hydrogens is 418 g/mol. The van der Waals surface area contributed by atoms with Gasteiger partial charge in [0, 0.05) is 21.7 Å². The summed E-state index contributed by atoms with van der Waals surface area (Å²) in [5.41, 5.74) is 5.09. The lowest BCUT2D eigenvalue weighted by molar-refractivity contribution is -0.124. The summed E-state index contributed by atoms with van der Waals surface area (Å²) in [4.78, 5) is 23.2. The number of amides is 2. The Morgan fingerprint density at radius 3 is 2.74 bits per heavy atom. The van der Waals surface area contributed by atoms with Gasteiger partial charge in [0.05, 0.1) is 13.3 Å². The number of phenols is 1. The summed E-state index contributed by atoms with van der Waals surface area (Å²) in [5, 5.41) is 22.3. The Morgan fingerprint density at radius 2 is 2.04 bits per heavy atom. The molecule has 0 aliphatic heterocycles. The Hall–Kier alpha value is -3.17. The third kappa shape index (κ3) is 5.66. The van der Waals surface area contributed by atoms with E-state index in [1.165, 1.54) is 24.9 Å². The molecule has 0 bridgehead atoms. The lowest BCUT2D eigenvalue weighted by atomic mass is 10.1. The zero-order valence-corrected chi connectivity index (χ0v) is 15.7. The quantitative estimate of drug-likeness (QED) is 0.241. The Kier molecular flexibility index (Phi) is 7.09. The van der Waals surface area contributed by atoms with Gasteiger partial charge in [-0.1, -0.05) is 28.1 Å². The van der Waals surface area contributed by atoms with Crippen LogP contribution in [0.3, 0.4) is 0 Å². The number of carbonyl (C=O) groups is 2. The van der Waals surface area contributed by atoms with E-state index >= 15 is 0 Å². The zero-order valence-electron chi connectivity index (χ0n) is 14.1. The van der Waals surface area contributed by atoms with Crippen LogP contribution in [0.5, 0.6) is 11.5 Å². The summed E-state index contributed by atoms with van der Waals surface area (Å²) in [5.74, 6) is -0.996. The Balaban J connectivity index is 2.10. The standard InChI is InChI=1S/C18H16BrN3O5/c1-27-15-9-14(19)8-13(17(15)24)10-20-21-18(25)12-4-2-3-11(7-12)5-6-16(23)22-26/h2-10,24,26H,1H3,(H,21,25)(H,22,23)/b6-5+,20-10+. The number of nitrogens with one attached hydrogen (secondary N) is 2. The first-order chi connectivity index (χ1) is 12.9. The number of benzene rings is 2. The lowest BCUT2D eigenvalue weighted by Crippen LogP contribution is -2.17. The summed E-state index contributed by atoms with van der Waals surface area (Å²) in [7, 11) is 1.43. The highest BCUT2D eigenvalue weighted by molar-refractivity contribution is 9.10. The average molecular weight is 434 g/mol. The molecule has 140 valence electrons. The van der Waals surface area contributed by atoms with Crippen LogP contribution in [0, 0.1) is 0 Å². The van der Waals surface area contributed by atoms with E-state index in [1.807, 2.05) is 0 Å². The number of hydrogen-bond acceptors (Lipinski definition) is 6. The molecule has 0 radical (unpaired) electrons. The van der Waals surface area contributed by atoms with Crippen molar-refractivity contribution in [2.45, 2.75) is 0 Å². The van der Waals surface area contributed by atoms with Crippen molar-refractivity contribution in [1.82, 2.24) is 10.9 Å². The van der Waals surface area contributed by atoms with E-state index < -0.39 is 11.8 Å². The van der Waals surface area contributed by atoms with Gasteiger partial charge in [0.25, 0.3) is 11.8 Å². The molecule has 2 aromatic carbocycles. The lowest BCUT2D eigenvalue weighted by Gasteiger charge is -2.07. The van der Waals surface area contributed by atoms with Gasteiger partial charge in [-0.3, -0.25) is 14.8 Å². The molecule has 0 saturated heterocycles.